The van der Waals surface area contributed by atoms with E-state index in [9.17, 15) is 4.79 Å². The van der Waals surface area contributed by atoms with E-state index in [1.54, 1.807) is 4.57 Å². The van der Waals surface area contributed by atoms with Crippen molar-refractivity contribution in [2.45, 2.75) is 33.1 Å². The maximum atomic E-state index is 12.7. The van der Waals surface area contributed by atoms with Crippen molar-refractivity contribution in [1.82, 2.24) is 4.57 Å². The van der Waals surface area contributed by atoms with E-state index in [2.05, 4.69) is 37.9 Å². The SMILES string of the molecule is Cc1csc(=Nc2ccc(C(C)(C)C)cc2)n1C(=O)c1cccs1. The second-order valence-corrected chi connectivity index (χ2v) is 8.47. The molecule has 2 aromatic heterocycles. The minimum atomic E-state index is -0.0196. The zero-order valence-corrected chi connectivity index (χ0v) is 15.9. The first-order valence-electron chi connectivity index (χ1n) is 7.77. The fourth-order valence-corrected chi connectivity index (χ4v) is 3.90. The summed E-state index contributed by atoms with van der Waals surface area (Å²) in [5, 5.41) is 3.88. The second-order valence-electron chi connectivity index (χ2n) is 6.69. The van der Waals surface area contributed by atoms with Crippen LogP contribution in [0, 0.1) is 6.92 Å². The van der Waals surface area contributed by atoms with E-state index in [-0.39, 0.29) is 11.3 Å². The van der Waals surface area contributed by atoms with Gasteiger partial charge in [0.2, 0.25) is 0 Å². The maximum Gasteiger partial charge on any atom is 0.274 e. The highest BCUT2D eigenvalue weighted by Gasteiger charge is 2.15. The van der Waals surface area contributed by atoms with Gasteiger partial charge in [0.15, 0.2) is 4.80 Å². The van der Waals surface area contributed by atoms with Gasteiger partial charge >= 0.3 is 0 Å². The molecule has 0 aliphatic rings. The Morgan fingerprint density at radius 2 is 1.79 bits per heavy atom. The monoisotopic (exact) mass is 356 g/mol. The first-order valence-corrected chi connectivity index (χ1v) is 9.53. The lowest BCUT2D eigenvalue weighted by Gasteiger charge is -2.18. The number of benzene rings is 1. The van der Waals surface area contributed by atoms with Gasteiger partial charge in [0.25, 0.3) is 5.91 Å². The molecule has 0 aliphatic carbocycles. The average Bonchev–Trinajstić information content (AvgIpc) is 3.17. The fourth-order valence-electron chi connectivity index (χ4n) is 2.37. The molecule has 0 saturated heterocycles. The van der Waals surface area contributed by atoms with Crippen molar-refractivity contribution < 1.29 is 4.79 Å². The van der Waals surface area contributed by atoms with Gasteiger partial charge < -0.3 is 0 Å². The molecule has 0 bridgehead atoms. The number of aromatic nitrogens is 1. The molecule has 0 N–H and O–H groups in total. The molecule has 24 heavy (non-hydrogen) atoms. The highest BCUT2D eigenvalue weighted by molar-refractivity contribution is 7.12. The van der Waals surface area contributed by atoms with Crippen LogP contribution in [0.5, 0.6) is 0 Å². The van der Waals surface area contributed by atoms with Crippen LogP contribution in [0.2, 0.25) is 0 Å². The molecule has 0 aliphatic heterocycles. The van der Waals surface area contributed by atoms with Gasteiger partial charge in [-0.3, -0.25) is 9.36 Å². The minimum absolute atomic E-state index is 0.0196. The smallest absolute Gasteiger partial charge is 0.267 e. The number of thiazole rings is 1. The molecule has 0 radical (unpaired) electrons. The van der Waals surface area contributed by atoms with Crippen LogP contribution in [-0.4, -0.2) is 10.5 Å². The van der Waals surface area contributed by atoms with Gasteiger partial charge in [0.05, 0.1) is 10.6 Å². The molecular weight excluding hydrogens is 336 g/mol. The highest BCUT2D eigenvalue weighted by atomic mass is 32.1. The minimum Gasteiger partial charge on any atom is -0.267 e. The molecule has 3 aromatic rings. The third-order valence-electron chi connectivity index (χ3n) is 3.77. The molecule has 5 heteroatoms. The predicted molar refractivity (Wildman–Crippen MR) is 101 cm³/mol. The van der Waals surface area contributed by atoms with Crippen molar-refractivity contribution in [3.63, 3.8) is 0 Å². The van der Waals surface area contributed by atoms with Crippen molar-refractivity contribution in [2.75, 3.05) is 0 Å². The Kier molecular flexibility index (Phi) is 4.56. The molecule has 1 aromatic carbocycles. The number of rotatable bonds is 2. The van der Waals surface area contributed by atoms with E-state index in [1.165, 1.54) is 28.2 Å². The van der Waals surface area contributed by atoms with E-state index in [4.69, 9.17) is 0 Å². The molecule has 0 atom stereocenters. The first-order chi connectivity index (χ1) is 11.4. The van der Waals surface area contributed by atoms with Crippen LogP contribution in [0.4, 0.5) is 5.69 Å². The quantitative estimate of drug-likeness (QED) is 0.626. The third-order valence-corrected chi connectivity index (χ3v) is 5.57. The van der Waals surface area contributed by atoms with Crippen molar-refractivity contribution in [3.05, 3.63) is 68.1 Å². The fraction of sp³-hybridized carbons (Fsp3) is 0.263. The summed E-state index contributed by atoms with van der Waals surface area (Å²) >= 11 is 2.94. The van der Waals surface area contributed by atoms with Crippen molar-refractivity contribution >= 4 is 34.3 Å². The summed E-state index contributed by atoms with van der Waals surface area (Å²) in [6.07, 6.45) is 0. The summed E-state index contributed by atoms with van der Waals surface area (Å²) < 4.78 is 1.69. The van der Waals surface area contributed by atoms with Gasteiger partial charge in [-0.05, 0) is 41.5 Å². The Bertz CT molecular complexity index is 908. The van der Waals surface area contributed by atoms with Crippen LogP contribution in [-0.2, 0) is 5.41 Å². The molecule has 0 fully saturated rings. The Morgan fingerprint density at radius 3 is 2.38 bits per heavy atom. The van der Waals surface area contributed by atoms with Crippen LogP contribution < -0.4 is 4.80 Å². The summed E-state index contributed by atoms with van der Waals surface area (Å²) in [5.74, 6) is -0.0196. The molecule has 3 rings (SSSR count). The van der Waals surface area contributed by atoms with E-state index < -0.39 is 0 Å². The lowest BCUT2D eigenvalue weighted by molar-refractivity contribution is 0.0959. The summed E-state index contributed by atoms with van der Waals surface area (Å²) in [5.41, 5.74) is 3.15. The molecule has 0 saturated carbocycles. The van der Waals surface area contributed by atoms with E-state index in [1.807, 2.05) is 41.9 Å². The Labute approximate surface area is 150 Å². The Morgan fingerprint density at radius 1 is 1.08 bits per heavy atom. The van der Waals surface area contributed by atoms with Gasteiger partial charge in [0.1, 0.15) is 0 Å². The summed E-state index contributed by atoms with van der Waals surface area (Å²) in [6.45, 7) is 8.50. The van der Waals surface area contributed by atoms with E-state index in [0.717, 1.165) is 16.3 Å². The average molecular weight is 357 g/mol. The topological polar surface area (TPSA) is 34.4 Å². The van der Waals surface area contributed by atoms with Crippen molar-refractivity contribution in [1.29, 1.82) is 0 Å². The van der Waals surface area contributed by atoms with Crippen LogP contribution in [0.1, 0.15) is 41.7 Å². The Hall–Kier alpha value is -1.98. The zero-order chi connectivity index (χ0) is 17.3. The van der Waals surface area contributed by atoms with Gasteiger partial charge in [-0.25, -0.2) is 4.99 Å². The lowest BCUT2D eigenvalue weighted by Crippen LogP contribution is -2.24. The zero-order valence-electron chi connectivity index (χ0n) is 14.2. The molecule has 124 valence electrons. The first kappa shape index (κ1) is 16.9. The van der Waals surface area contributed by atoms with Gasteiger partial charge in [-0.2, -0.15) is 0 Å². The van der Waals surface area contributed by atoms with Crippen LogP contribution in [0.15, 0.2) is 52.2 Å². The summed E-state index contributed by atoms with van der Waals surface area (Å²) in [4.78, 5) is 18.8. The van der Waals surface area contributed by atoms with Crippen molar-refractivity contribution in [3.8, 4) is 0 Å². The van der Waals surface area contributed by atoms with E-state index >= 15 is 0 Å². The molecule has 0 spiro atoms. The third kappa shape index (κ3) is 3.42. The summed E-state index contributed by atoms with van der Waals surface area (Å²) in [7, 11) is 0. The van der Waals surface area contributed by atoms with Gasteiger partial charge in [-0.1, -0.05) is 39.0 Å². The van der Waals surface area contributed by atoms with Crippen molar-refractivity contribution in [2.24, 2.45) is 4.99 Å². The number of hydrogen-bond acceptors (Lipinski definition) is 4. The number of carbonyl (C=O) groups excluding carboxylic acids is 1. The number of aryl methyl sites for hydroxylation is 1. The number of thiophene rings is 1. The lowest BCUT2D eigenvalue weighted by atomic mass is 9.87. The number of nitrogens with zero attached hydrogens (tertiary/aromatic N) is 2. The molecular formula is C19H20N2OS2. The van der Waals surface area contributed by atoms with Gasteiger partial charge in [0, 0.05) is 11.1 Å². The van der Waals surface area contributed by atoms with Crippen LogP contribution in [0.3, 0.4) is 0 Å². The molecule has 2 heterocycles. The number of hydrogen-bond donors (Lipinski definition) is 0. The summed E-state index contributed by atoms with van der Waals surface area (Å²) in [6, 6.07) is 12.0. The van der Waals surface area contributed by atoms with E-state index in [0.29, 0.717) is 4.80 Å². The van der Waals surface area contributed by atoms with Crippen LogP contribution in [0.25, 0.3) is 0 Å². The molecule has 3 nitrogen and oxygen atoms in total. The van der Waals surface area contributed by atoms with Crippen LogP contribution >= 0.6 is 22.7 Å². The maximum absolute atomic E-state index is 12.7. The highest BCUT2D eigenvalue weighted by Crippen LogP contribution is 2.24. The standard InChI is InChI=1S/C19H20N2OS2/c1-13-12-24-18(21(13)17(22)16-6-5-11-23-16)20-15-9-7-14(8-10-15)19(2,3)4/h5-12H,1-4H3. The predicted octanol–water partition coefficient (Wildman–Crippen LogP) is 5.14. The molecule has 0 amide bonds. The second kappa shape index (κ2) is 6.49. The normalized spacial score (nSPS) is 12.6. The largest absolute Gasteiger partial charge is 0.274 e. The number of carbonyl (C=O) groups is 1. The van der Waals surface area contributed by atoms with Gasteiger partial charge in [-0.15, -0.1) is 22.7 Å². The molecule has 0 unspecified atom stereocenters. The Balaban J connectivity index is 2.01.